The highest BCUT2D eigenvalue weighted by Gasteiger charge is 1.83. The monoisotopic (exact) mass is 120 g/mol. The van der Waals surface area contributed by atoms with Crippen LogP contribution in [-0.2, 0) is 4.74 Å². The molecule has 0 aromatic heterocycles. The standard InChI is InChI=1S/C5H6F2O/c1-2-8-4-3-5(6)7/h2-3H,1,4H2. The molecule has 0 saturated carbocycles. The number of hydrogen-bond acceptors (Lipinski definition) is 1. The summed E-state index contributed by atoms with van der Waals surface area (Å²) >= 11 is 0. The predicted molar refractivity (Wildman–Crippen MR) is 26.4 cm³/mol. The van der Waals surface area contributed by atoms with E-state index >= 15 is 0 Å². The molecular weight excluding hydrogens is 114 g/mol. The van der Waals surface area contributed by atoms with Crippen LogP contribution < -0.4 is 0 Å². The minimum absolute atomic E-state index is 0.105. The number of hydrogen-bond donors (Lipinski definition) is 0. The summed E-state index contributed by atoms with van der Waals surface area (Å²) in [5.74, 6) is 0. The van der Waals surface area contributed by atoms with Gasteiger partial charge in [0.25, 0.3) is 6.08 Å². The highest BCUT2D eigenvalue weighted by molar-refractivity contribution is 4.80. The minimum atomic E-state index is -1.73. The molecule has 0 aliphatic rings. The fourth-order valence-corrected chi connectivity index (χ4v) is 0.179. The van der Waals surface area contributed by atoms with E-state index in [0.717, 1.165) is 6.26 Å². The van der Waals surface area contributed by atoms with Crippen molar-refractivity contribution in [1.82, 2.24) is 0 Å². The maximum atomic E-state index is 11.1. The van der Waals surface area contributed by atoms with E-state index in [0.29, 0.717) is 6.08 Å². The topological polar surface area (TPSA) is 9.23 Å². The van der Waals surface area contributed by atoms with Gasteiger partial charge in [-0.3, -0.25) is 0 Å². The molecule has 0 atom stereocenters. The van der Waals surface area contributed by atoms with Crippen LogP contribution in [-0.4, -0.2) is 6.61 Å². The lowest BCUT2D eigenvalue weighted by Crippen LogP contribution is -1.78. The summed E-state index contributed by atoms with van der Waals surface area (Å²) in [6, 6.07) is 0. The molecule has 0 N–H and O–H groups in total. The molecule has 0 spiro atoms. The third kappa shape index (κ3) is 5.14. The Morgan fingerprint density at radius 3 is 2.62 bits per heavy atom. The quantitative estimate of drug-likeness (QED) is 0.408. The fourth-order valence-electron chi connectivity index (χ4n) is 0.179. The van der Waals surface area contributed by atoms with Crippen molar-refractivity contribution in [1.29, 1.82) is 0 Å². The first kappa shape index (κ1) is 7.14. The van der Waals surface area contributed by atoms with E-state index < -0.39 is 6.08 Å². The molecular formula is C5H6F2O. The van der Waals surface area contributed by atoms with Gasteiger partial charge in [-0.15, -0.1) is 0 Å². The fraction of sp³-hybridized carbons (Fsp3) is 0.200. The average Bonchev–Trinajstić information content (AvgIpc) is 1.66. The van der Waals surface area contributed by atoms with Crippen molar-refractivity contribution in [2.24, 2.45) is 0 Å². The zero-order valence-electron chi connectivity index (χ0n) is 4.23. The maximum absolute atomic E-state index is 11.1. The Bertz CT molecular complexity index is 94.6. The van der Waals surface area contributed by atoms with Gasteiger partial charge in [0.2, 0.25) is 0 Å². The second kappa shape index (κ2) is 4.30. The van der Waals surface area contributed by atoms with Crippen molar-refractivity contribution in [3.8, 4) is 0 Å². The first-order valence-electron chi connectivity index (χ1n) is 2.01. The van der Waals surface area contributed by atoms with Gasteiger partial charge in [0.15, 0.2) is 0 Å². The van der Waals surface area contributed by atoms with Crippen LogP contribution in [0.15, 0.2) is 25.0 Å². The smallest absolute Gasteiger partial charge is 0.269 e. The van der Waals surface area contributed by atoms with E-state index in [1.165, 1.54) is 0 Å². The van der Waals surface area contributed by atoms with Crippen LogP contribution in [0, 0.1) is 0 Å². The van der Waals surface area contributed by atoms with Gasteiger partial charge >= 0.3 is 0 Å². The molecule has 0 heterocycles. The average molecular weight is 120 g/mol. The molecule has 0 aliphatic heterocycles. The lowest BCUT2D eigenvalue weighted by Gasteiger charge is -1.88. The molecule has 0 aromatic carbocycles. The Hall–Kier alpha value is -0.860. The van der Waals surface area contributed by atoms with Gasteiger partial charge in [-0.05, 0) is 0 Å². The summed E-state index contributed by atoms with van der Waals surface area (Å²) < 4.78 is 26.6. The Labute approximate surface area is 46.3 Å². The molecule has 0 unspecified atom stereocenters. The molecule has 0 radical (unpaired) electrons. The second-order valence-electron chi connectivity index (χ2n) is 0.994. The van der Waals surface area contributed by atoms with E-state index in [1.54, 1.807) is 0 Å². The summed E-state index contributed by atoms with van der Waals surface area (Å²) in [5.41, 5.74) is 0. The molecule has 0 aromatic rings. The zero-order valence-corrected chi connectivity index (χ0v) is 4.23. The third-order valence-electron chi connectivity index (χ3n) is 0.452. The van der Waals surface area contributed by atoms with Crippen LogP contribution in [0.25, 0.3) is 0 Å². The highest BCUT2D eigenvalue weighted by Crippen LogP contribution is 1.94. The molecule has 0 fully saturated rings. The van der Waals surface area contributed by atoms with Crippen molar-refractivity contribution in [2.45, 2.75) is 0 Å². The zero-order chi connectivity index (χ0) is 6.41. The Morgan fingerprint density at radius 1 is 1.62 bits per heavy atom. The van der Waals surface area contributed by atoms with Crippen LogP contribution in [0.2, 0.25) is 0 Å². The van der Waals surface area contributed by atoms with Crippen LogP contribution in [0.3, 0.4) is 0 Å². The van der Waals surface area contributed by atoms with Gasteiger partial charge in [-0.2, -0.15) is 8.78 Å². The molecule has 0 saturated heterocycles. The lowest BCUT2D eigenvalue weighted by atomic mass is 10.7. The molecule has 0 amide bonds. The largest absolute Gasteiger partial charge is 0.498 e. The predicted octanol–water partition coefficient (Wildman–Crippen LogP) is 1.93. The van der Waals surface area contributed by atoms with Crippen molar-refractivity contribution in [3.05, 3.63) is 25.0 Å². The second-order valence-corrected chi connectivity index (χ2v) is 0.994. The Balaban J connectivity index is 3.15. The van der Waals surface area contributed by atoms with Gasteiger partial charge in [0.05, 0.1) is 6.26 Å². The van der Waals surface area contributed by atoms with Gasteiger partial charge in [0.1, 0.15) is 6.61 Å². The van der Waals surface area contributed by atoms with E-state index in [1.807, 2.05) is 0 Å². The normalized spacial score (nSPS) is 7.75. The van der Waals surface area contributed by atoms with Crippen LogP contribution in [0.1, 0.15) is 0 Å². The van der Waals surface area contributed by atoms with Gasteiger partial charge < -0.3 is 4.74 Å². The first-order valence-corrected chi connectivity index (χ1v) is 2.01. The molecule has 3 heteroatoms. The van der Waals surface area contributed by atoms with Crippen molar-refractivity contribution < 1.29 is 13.5 Å². The van der Waals surface area contributed by atoms with Crippen LogP contribution in [0.5, 0.6) is 0 Å². The molecule has 0 aliphatic carbocycles. The highest BCUT2D eigenvalue weighted by atomic mass is 19.3. The Morgan fingerprint density at radius 2 is 2.25 bits per heavy atom. The van der Waals surface area contributed by atoms with Crippen molar-refractivity contribution in [2.75, 3.05) is 6.61 Å². The first-order chi connectivity index (χ1) is 3.77. The van der Waals surface area contributed by atoms with E-state index in [-0.39, 0.29) is 6.61 Å². The third-order valence-corrected chi connectivity index (χ3v) is 0.452. The van der Waals surface area contributed by atoms with Gasteiger partial charge in [-0.1, -0.05) is 6.58 Å². The van der Waals surface area contributed by atoms with Crippen LogP contribution >= 0.6 is 0 Å². The van der Waals surface area contributed by atoms with E-state index in [4.69, 9.17) is 0 Å². The maximum Gasteiger partial charge on any atom is 0.269 e. The van der Waals surface area contributed by atoms with E-state index in [9.17, 15) is 8.78 Å². The minimum Gasteiger partial charge on any atom is -0.498 e. The van der Waals surface area contributed by atoms with Crippen molar-refractivity contribution in [3.63, 3.8) is 0 Å². The SMILES string of the molecule is C=COCC=C(F)F. The number of rotatable bonds is 3. The summed E-state index contributed by atoms with van der Waals surface area (Å²) in [7, 11) is 0. The molecule has 8 heavy (non-hydrogen) atoms. The summed E-state index contributed by atoms with van der Waals surface area (Å²) in [4.78, 5) is 0. The summed E-state index contributed by atoms with van der Waals surface area (Å²) in [6.45, 7) is 3.06. The molecule has 0 bridgehead atoms. The van der Waals surface area contributed by atoms with Crippen molar-refractivity contribution >= 4 is 0 Å². The molecule has 1 nitrogen and oxygen atoms in total. The Kier molecular flexibility index (Phi) is 3.84. The van der Waals surface area contributed by atoms with Gasteiger partial charge in [-0.25, -0.2) is 0 Å². The number of halogens is 2. The van der Waals surface area contributed by atoms with E-state index in [2.05, 4.69) is 11.3 Å². The number of ether oxygens (including phenoxy) is 1. The van der Waals surface area contributed by atoms with Crippen LogP contribution in [0.4, 0.5) is 8.78 Å². The molecule has 0 rings (SSSR count). The summed E-state index contributed by atoms with van der Waals surface area (Å²) in [6.07, 6.45) is 0.0491. The van der Waals surface area contributed by atoms with Gasteiger partial charge in [0, 0.05) is 6.08 Å². The molecule has 46 valence electrons. The lowest BCUT2D eigenvalue weighted by molar-refractivity contribution is 0.282. The summed E-state index contributed by atoms with van der Waals surface area (Å²) in [5, 5.41) is 0.